The standard InChI is InChI=1S/C32H30FN5O5/c1-3-35-20-26(31(40)38(32(35)41)24-7-5-23(33)6-8-24)28(39)17-22-4-9-29(21(2)16-22)43-30-18-25(36-12-14-42-15-13-36)19-37-27(30)10-11-34-37/h4-11,16,18-20H,3,12-15,17H2,1-2H3. The summed E-state index contributed by atoms with van der Waals surface area (Å²) in [7, 11) is 0. The fourth-order valence-corrected chi connectivity index (χ4v) is 5.23. The summed E-state index contributed by atoms with van der Waals surface area (Å²) in [5, 5.41) is 4.40. The van der Waals surface area contributed by atoms with Crippen LogP contribution in [-0.4, -0.2) is 50.8 Å². The predicted molar refractivity (Wildman–Crippen MR) is 159 cm³/mol. The number of carbonyl (C=O) groups is 1. The lowest BCUT2D eigenvalue weighted by Gasteiger charge is -2.29. The molecule has 0 radical (unpaired) electrons. The van der Waals surface area contributed by atoms with Gasteiger partial charge >= 0.3 is 5.69 Å². The van der Waals surface area contributed by atoms with Gasteiger partial charge in [0.1, 0.15) is 22.6 Å². The van der Waals surface area contributed by atoms with Crippen LogP contribution in [0, 0.1) is 12.7 Å². The number of rotatable bonds is 8. The van der Waals surface area contributed by atoms with Crippen LogP contribution in [0.25, 0.3) is 11.2 Å². The van der Waals surface area contributed by atoms with Gasteiger partial charge in [-0.15, -0.1) is 0 Å². The molecule has 0 bridgehead atoms. The van der Waals surface area contributed by atoms with E-state index in [0.717, 1.165) is 46.6 Å². The Labute approximate surface area is 246 Å². The van der Waals surface area contributed by atoms with Crippen LogP contribution in [0.5, 0.6) is 11.5 Å². The lowest BCUT2D eigenvalue weighted by Crippen LogP contribution is -2.41. The fraction of sp³-hybridized carbons (Fsp3) is 0.250. The number of hydrogen-bond donors (Lipinski definition) is 0. The van der Waals surface area contributed by atoms with Gasteiger partial charge in [-0.2, -0.15) is 5.10 Å². The van der Waals surface area contributed by atoms with Gasteiger partial charge in [0.15, 0.2) is 11.5 Å². The molecule has 11 heteroatoms. The van der Waals surface area contributed by atoms with E-state index in [1.807, 2.05) is 31.3 Å². The highest BCUT2D eigenvalue weighted by molar-refractivity contribution is 5.97. The Morgan fingerprint density at radius 3 is 2.47 bits per heavy atom. The maximum absolute atomic E-state index is 13.5. The fourth-order valence-electron chi connectivity index (χ4n) is 5.23. The highest BCUT2D eigenvalue weighted by Crippen LogP contribution is 2.33. The van der Waals surface area contributed by atoms with Crippen LogP contribution in [0.4, 0.5) is 10.1 Å². The maximum atomic E-state index is 13.5. The molecule has 6 rings (SSSR count). The largest absolute Gasteiger partial charge is 0.455 e. The molecule has 2 aromatic carbocycles. The Morgan fingerprint density at radius 2 is 1.74 bits per heavy atom. The minimum atomic E-state index is -0.743. The van der Waals surface area contributed by atoms with E-state index in [1.54, 1.807) is 29.8 Å². The van der Waals surface area contributed by atoms with Crippen molar-refractivity contribution in [2.24, 2.45) is 0 Å². The molecule has 10 nitrogen and oxygen atoms in total. The summed E-state index contributed by atoms with van der Waals surface area (Å²) in [6.45, 7) is 6.76. The Bertz CT molecular complexity index is 1940. The van der Waals surface area contributed by atoms with E-state index in [4.69, 9.17) is 9.47 Å². The summed E-state index contributed by atoms with van der Waals surface area (Å²) in [5.74, 6) is 0.338. The number of aromatic nitrogens is 4. The lowest BCUT2D eigenvalue weighted by molar-refractivity contribution is 0.0990. The molecule has 0 saturated carbocycles. The molecule has 1 aliphatic rings. The Kier molecular flexibility index (Phi) is 7.64. The van der Waals surface area contributed by atoms with Crippen LogP contribution >= 0.6 is 0 Å². The first-order valence-electron chi connectivity index (χ1n) is 14.1. The number of fused-ring (bicyclic) bond motifs is 1. The zero-order valence-electron chi connectivity index (χ0n) is 23.8. The Morgan fingerprint density at radius 1 is 0.977 bits per heavy atom. The molecule has 43 heavy (non-hydrogen) atoms. The van der Waals surface area contributed by atoms with Crippen molar-refractivity contribution in [2.75, 3.05) is 31.2 Å². The van der Waals surface area contributed by atoms with E-state index in [9.17, 15) is 18.8 Å². The van der Waals surface area contributed by atoms with Crippen molar-refractivity contribution in [3.8, 4) is 17.2 Å². The van der Waals surface area contributed by atoms with Crippen LogP contribution in [-0.2, 0) is 17.7 Å². The molecule has 1 aliphatic heterocycles. The number of anilines is 1. The van der Waals surface area contributed by atoms with Crippen molar-refractivity contribution in [1.82, 2.24) is 18.7 Å². The number of hydrogen-bond acceptors (Lipinski definition) is 7. The highest BCUT2D eigenvalue weighted by Gasteiger charge is 2.20. The van der Waals surface area contributed by atoms with Crippen molar-refractivity contribution < 1.29 is 18.7 Å². The van der Waals surface area contributed by atoms with Crippen molar-refractivity contribution in [1.29, 1.82) is 0 Å². The SMILES string of the molecule is CCn1cc(C(=O)Cc2ccc(Oc3cc(N4CCOCC4)cn4nccc34)c(C)c2)c(=O)n(-c2ccc(F)cc2)c1=O. The van der Waals surface area contributed by atoms with Gasteiger partial charge in [-0.25, -0.2) is 18.3 Å². The van der Waals surface area contributed by atoms with Crippen molar-refractivity contribution in [3.63, 3.8) is 0 Å². The zero-order chi connectivity index (χ0) is 30.1. The van der Waals surface area contributed by atoms with Gasteiger partial charge in [0, 0.05) is 38.3 Å². The van der Waals surface area contributed by atoms with E-state index in [2.05, 4.69) is 10.00 Å². The molecule has 0 aliphatic carbocycles. The number of aryl methyl sites for hydroxylation is 2. The van der Waals surface area contributed by atoms with E-state index >= 15 is 0 Å². The van der Waals surface area contributed by atoms with Gasteiger partial charge in [-0.1, -0.05) is 12.1 Å². The van der Waals surface area contributed by atoms with Gasteiger partial charge in [0.2, 0.25) is 0 Å². The monoisotopic (exact) mass is 583 g/mol. The number of nitrogens with zero attached hydrogens (tertiary/aromatic N) is 5. The third-order valence-electron chi connectivity index (χ3n) is 7.54. The Balaban J connectivity index is 1.27. The first-order valence-corrected chi connectivity index (χ1v) is 14.1. The quantitative estimate of drug-likeness (QED) is 0.253. The van der Waals surface area contributed by atoms with Crippen molar-refractivity contribution in [2.45, 2.75) is 26.8 Å². The number of morpholine rings is 1. The zero-order valence-corrected chi connectivity index (χ0v) is 23.8. The summed E-state index contributed by atoms with van der Waals surface area (Å²) in [4.78, 5) is 41.9. The van der Waals surface area contributed by atoms with E-state index in [-0.39, 0.29) is 24.2 Å². The summed E-state index contributed by atoms with van der Waals surface area (Å²) in [6.07, 6.45) is 4.94. The maximum Gasteiger partial charge on any atom is 0.335 e. The molecule has 0 amide bonds. The van der Waals surface area contributed by atoms with E-state index < -0.39 is 22.8 Å². The number of ketones is 1. The number of carbonyl (C=O) groups excluding carboxylic acids is 1. The third-order valence-corrected chi connectivity index (χ3v) is 7.54. The summed E-state index contributed by atoms with van der Waals surface area (Å²) < 4.78 is 29.3. The summed E-state index contributed by atoms with van der Waals surface area (Å²) in [5.41, 5.74) is 2.02. The highest BCUT2D eigenvalue weighted by atomic mass is 19.1. The summed E-state index contributed by atoms with van der Waals surface area (Å²) >= 11 is 0. The van der Waals surface area contributed by atoms with Crippen molar-refractivity contribution >= 4 is 17.0 Å². The molecule has 4 heterocycles. The smallest absolute Gasteiger partial charge is 0.335 e. The molecular weight excluding hydrogens is 553 g/mol. The minimum absolute atomic E-state index is 0.0545. The molecule has 0 N–H and O–H groups in total. The van der Waals surface area contributed by atoms with E-state index in [1.165, 1.54) is 22.9 Å². The first kappa shape index (κ1) is 28.1. The number of halogens is 1. The molecule has 0 atom stereocenters. The second kappa shape index (κ2) is 11.7. The third kappa shape index (κ3) is 5.59. The molecule has 0 unspecified atom stereocenters. The normalized spacial score (nSPS) is 13.4. The van der Waals surface area contributed by atoms with Crippen LogP contribution in [0.15, 0.2) is 82.8 Å². The van der Waals surface area contributed by atoms with Crippen LogP contribution in [0.1, 0.15) is 28.4 Å². The van der Waals surface area contributed by atoms with Gasteiger partial charge < -0.3 is 14.4 Å². The molecule has 0 spiro atoms. The predicted octanol–water partition coefficient (Wildman–Crippen LogP) is 4.17. The number of pyridine rings is 1. The van der Waals surface area contributed by atoms with Crippen LogP contribution in [0.2, 0.25) is 0 Å². The molecular formula is C32H30FN5O5. The Hall–Kier alpha value is -5.03. The average Bonchev–Trinajstić information content (AvgIpc) is 3.49. The second-order valence-corrected chi connectivity index (χ2v) is 10.4. The van der Waals surface area contributed by atoms with Gasteiger partial charge in [-0.05, 0) is 61.4 Å². The van der Waals surface area contributed by atoms with Gasteiger partial charge in [-0.3, -0.25) is 14.2 Å². The number of ether oxygens (including phenoxy) is 2. The lowest BCUT2D eigenvalue weighted by atomic mass is 10.0. The first-order chi connectivity index (χ1) is 20.8. The topological polar surface area (TPSA) is 100 Å². The number of benzene rings is 2. The molecule has 3 aromatic heterocycles. The minimum Gasteiger partial charge on any atom is -0.455 e. The average molecular weight is 584 g/mol. The van der Waals surface area contributed by atoms with Gasteiger partial charge in [0.25, 0.3) is 5.56 Å². The molecule has 1 saturated heterocycles. The molecule has 220 valence electrons. The second-order valence-electron chi connectivity index (χ2n) is 10.4. The van der Waals surface area contributed by atoms with Crippen LogP contribution < -0.4 is 20.9 Å². The van der Waals surface area contributed by atoms with E-state index in [0.29, 0.717) is 30.3 Å². The van der Waals surface area contributed by atoms with Crippen LogP contribution in [0.3, 0.4) is 0 Å². The number of Topliss-reactive ketones (excluding diaryl/α,β-unsaturated/α-hetero) is 1. The van der Waals surface area contributed by atoms with Gasteiger partial charge in [0.05, 0.1) is 37.0 Å². The molecule has 1 fully saturated rings. The summed E-state index contributed by atoms with van der Waals surface area (Å²) in [6, 6.07) is 14.3. The van der Waals surface area contributed by atoms with Crippen molar-refractivity contribution in [3.05, 3.63) is 117 Å². The molecule has 5 aromatic rings.